The van der Waals surface area contributed by atoms with Crippen LogP contribution in [0.4, 0.5) is 0 Å². The summed E-state index contributed by atoms with van der Waals surface area (Å²) in [6, 6.07) is 6.14. The zero-order valence-corrected chi connectivity index (χ0v) is 13.7. The van der Waals surface area contributed by atoms with Crippen molar-refractivity contribution in [1.29, 1.82) is 0 Å². The lowest BCUT2D eigenvalue weighted by Gasteiger charge is -2.34. The molecule has 0 aromatic heterocycles. The van der Waals surface area contributed by atoms with Crippen LogP contribution in [0, 0.1) is 5.92 Å². The minimum Gasteiger partial charge on any atom is -0.299 e. The molecule has 0 amide bonds. The molecule has 0 saturated carbocycles. The summed E-state index contributed by atoms with van der Waals surface area (Å²) in [6.07, 6.45) is 1.22. The molecule has 94 valence electrons. The predicted octanol–water partition coefficient (Wildman–Crippen LogP) is 4.71. The van der Waals surface area contributed by atoms with Gasteiger partial charge in [0.1, 0.15) is 0 Å². The molecule has 4 heteroatoms. The van der Waals surface area contributed by atoms with Gasteiger partial charge in [0.05, 0.1) is 0 Å². The molecule has 1 aliphatic rings. The minimum absolute atomic E-state index is 0.666. The molecule has 2 rings (SSSR count). The molecule has 1 aliphatic heterocycles. The SMILES string of the molecule is CC1CN(Cc2ccc(Br)cc2Cl)CCC1Br. The Labute approximate surface area is 125 Å². The molecule has 0 bridgehead atoms. The monoisotopic (exact) mass is 379 g/mol. The van der Waals surface area contributed by atoms with Gasteiger partial charge in [-0.25, -0.2) is 0 Å². The van der Waals surface area contributed by atoms with Gasteiger partial charge in [-0.3, -0.25) is 4.90 Å². The molecule has 1 aromatic carbocycles. The van der Waals surface area contributed by atoms with Crippen molar-refractivity contribution in [3.63, 3.8) is 0 Å². The van der Waals surface area contributed by atoms with E-state index in [0.717, 1.165) is 29.1 Å². The molecule has 0 spiro atoms. The van der Waals surface area contributed by atoms with Crippen molar-refractivity contribution >= 4 is 43.5 Å². The summed E-state index contributed by atoms with van der Waals surface area (Å²) in [6.45, 7) is 5.54. The van der Waals surface area contributed by atoms with Crippen molar-refractivity contribution in [3.05, 3.63) is 33.3 Å². The van der Waals surface area contributed by atoms with Crippen LogP contribution < -0.4 is 0 Å². The first-order valence-electron chi connectivity index (χ1n) is 5.86. The minimum atomic E-state index is 0.666. The summed E-state index contributed by atoms with van der Waals surface area (Å²) < 4.78 is 1.04. The van der Waals surface area contributed by atoms with Gasteiger partial charge in [-0.1, -0.05) is 56.5 Å². The fourth-order valence-electron chi connectivity index (χ4n) is 2.24. The van der Waals surface area contributed by atoms with Crippen LogP contribution in [-0.2, 0) is 6.54 Å². The predicted molar refractivity (Wildman–Crippen MR) is 80.9 cm³/mol. The molecule has 0 radical (unpaired) electrons. The smallest absolute Gasteiger partial charge is 0.0462 e. The number of nitrogens with zero attached hydrogens (tertiary/aromatic N) is 1. The Balaban J connectivity index is 2.01. The van der Waals surface area contributed by atoms with E-state index in [-0.39, 0.29) is 0 Å². The van der Waals surface area contributed by atoms with Crippen LogP contribution in [-0.4, -0.2) is 22.8 Å². The van der Waals surface area contributed by atoms with Crippen LogP contribution in [0.15, 0.2) is 22.7 Å². The van der Waals surface area contributed by atoms with E-state index in [1.54, 1.807) is 0 Å². The van der Waals surface area contributed by atoms with Crippen LogP contribution in [0.1, 0.15) is 18.9 Å². The summed E-state index contributed by atoms with van der Waals surface area (Å²) in [4.78, 5) is 3.15. The molecule has 1 nitrogen and oxygen atoms in total. The third kappa shape index (κ3) is 3.69. The molecule has 0 aliphatic carbocycles. The number of piperidine rings is 1. The van der Waals surface area contributed by atoms with Crippen LogP contribution >= 0.6 is 43.5 Å². The Bertz CT molecular complexity index is 397. The van der Waals surface area contributed by atoms with E-state index in [4.69, 9.17) is 11.6 Å². The van der Waals surface area contributed by atoms with E-state index in [1.165, 1.54) is 12.0 Å². The van der Waals surface area contributed by atoms with Gasteiger partial charge in [0, 0.05) is 27.4 Å². The Hall–Kier alpha value is 0.430. The first kappa shape index (κ1) is 13.9. The number of likely N-dealkylation sites (tertiary alicyclic amines) is 1. The van der Waals surface area contributed by atoms with Crippen LogP contribution in [0.25, 0.3) is 0 Å². The Kier molecular flexibility index (Phi) is 4.93. The highest BCUT2D eigenvalue weighted by atomic mass is 79.9. The summed E-state index contributed by atoms with van der Waals surface area (Å²) in [7, 11) is 0. The Morgan fingerprint density at radius 2 is 2.24 bits per heavy atom. The van der Waals surface area contributed by atoms with Gasteiger partial charge in [0.15, 0.2) is 0 Å². The highest BCUT2D eigenvalue weighted by molar-refractivity contribution is 9.10. The van der Waals surface area contributed by atoms with Crippen molar-refractivity contribution in [2.45, 2.75) is 24.7 Å². The molecule has 1 heterocycles. The van der Waals surface area contributed by atoms with Crippen molar-refractivity contribution in [2.24, 2.45) is 5.92 Å². The van der Waals surface area contributed by atoms with Crippen LogP contribution in [0.5, 0.6) is 0 Å². The standard InChI is InChI=1S/C13H16Br2ClN/c1-9-7-17(5-4-12(9)15)8-10-2-3-11(14)6-13(10)16/h2-3,6,9,12H,4-5,7-8H2,1H3. The summed E-state index contributed by atoms with van der Waals surface area (Å²) in [5, 5.41) is 0.855. The fraction of sp³-hybridized carbons (Fsp3) is 0.538. The third-order valence-electron chi connectivity index (χ3n) is 3.29. The van der Waals surface area contributed by atoms with E-state index in [0.29, 0.717) is 10.7 Å². The molecular formula is C13H16Br2ClN. The Morgan fingerprint density at radius 3 is 2.88 bits per heavy atom. The quantitative estimate of drug-likeness (QED) is 0.671. The molecule has 2 unspecified atom stereocenters. The van der Waals surface area contributed by atoms with Gasteiger partial charge in [-0.15, -0.1) is 0 Å². The second-order valence-corrected chi connectivity index (χ2v) is 7.25. The number of hydrogen-bond donors (Lipinski definition) is 0. The third-order valence-corrected chi connectivity index (χ3v) is 5.50. The maximum atomic E-state index is 6.25. The lowest BCUT2D eigenvalue weighted by molar-refractivity contribution is 0.183. The first-order chi connectivity index (χ1) is 8.06. The number of rotatable bonds is 2. The maximum absolute atomic E-state index is 6.25. The van der Waals surface area contributed by atoms with Gasteiger partial charge in [0.25, 0.3) is 0 Å². The highest BCUT2D eigenvalue weighted by Gasteiger charge is 2.24. The lowest BCUT2D eigenvalue weighted by Crippen LogP contribution is -2.39. The average molecular weight is 382 g/mol. The number of alkyl halides is 1. The molecule has 1 aromatic rings. The van der Waals surface area contributed by atoms with E-state index in [2.05, 4.69) is 55.8 Å². The van der Waals surface area contributed by atoms with Crippen molar-refractivity contribution in [1.82, 2.24) is 4.90 Å². The molecule has 1 saturated heterocycles. The van der Waals surface area contributed by atoms with E-state index in [1.807, 2.05) is 6.07 Å². The van der Waals surface area contributed by atoms with Gasteiger partial charge >= 0.3 is 0 Å². The van der Waals surface area contributed by atoms with Gasteiger partial charge in [0.2, 0.25) is 0 Å². The van der Waals surface area contributed by atoms with E-state index >= 15 is 0 Å². The molecule has 2 atom stereocenters. The highest BCUT2D eigenvalue weighted by Crippen LogP contribution is 2.27. The summed E-state index contributed by atoms with van der Waals surface area (Å²) in [5.74, 6) is 0.706. The largest absolute Gasteiger partial charge is 0.299 e. The molecule has 17 heavy (non-hydrogen) atoms. The molecule has 0 N–H and O–H groups in total. The molecular weight excluding hydrogens is 365 g/mol. The van der Waals surface area contributed by atoms with E-state index in [9.17, 15) is 0 Å². The van der Waals surface area contributed by atoms with Crippen molar-refractivity contribution in [2.75, 3.05) is 13.1 Å². The summed E-state index contributed by atoms with van der Waals surface area (Å²) in [5.41, 5.74) is 1.22. The van der Waals surface area contributed by atoms with Crippen molar-refractivity contribution < 1.29 is 0 Å². The zero-order valence-electron chi connectivity index (χ0n) is 9.80. The first-order valence-corrected chi connectivity index (χ1v) is 7.95. The Morgan fingerprint density at radius 1 is 1.47 bits per heavy atom. The topological polar surface area (TPSA) is 3.24 Å². The number of halogens is 3. The molecule has 1 fully saturated rings. The summed E-state index contributed by atoms with van der Waals surface area (Å²) >= 11 is 13.4. The van der Waals surface area contributed by atoms with Gasteiger partial charge < -0.3 is 0 Å². The van der Waals surface area contributed by atoms with Crippen molar-refractivity contribution in [3.8, 4) is 0 Å². The normalized spacial score (nSPS) is 26.1. The van der Waals surface area contributed by atoms with Gasteiger partial charge in [-0.2, -0.15) is 0 Å². The number of hydrogen-bond acceptors (Lipinski definition) is 1. The fourth-order valence-corrected chi connectivity index (χ4v) is 3.34. The maximum Gasteiger partial charge on any atom is 0.0462 e. The van der Waals surface area contributed by atoms with Crippen LogP contribution in [0.3, 0.4) is 0 Å². The average Bonchev–Trinajstić information content (AvgIpc) is 2.27. The van der Waals surface area contributed by atoms with Crippen LogP contribution in [0.2, 0.25) is 5.02 Å². The lowest BCUT2D eigenvalue weighted by atomic mass is 9.99. The second-order valence-electron chi connectivity index (χ2n) is 4.75. The zero-order chi connectivity index (χ0) is 12.4. The second kappa shape index (κ2) is 6.05. The number of benzene rings is 1. The van der Waals surface area contributed by atoms with Gasteiger partial charge in [-0.05, 0) is 36.6 Å². The van der Waals surface area contributed by atoms with E-state index < -0.39 is 0 Å².